The number of hydrogen-bond acceptors (Lipinski definition) is 3. The Hall–Kier alpha value is -1.34. The van der Waals surface area contributed by atoms with Gasteiger partial charge in [-0.25, -0.2) is 8.42 Å². The van der Waals surface area contributed by atoms with Crippen LogP contribution in [0.2, 0.25) is 0 Å². The fourth-order valence-electron chi connectivity index (χ4n) is 1.74. The van der Waals surface area contributed by atoms with Gasteiger partial charge in [-0.1, -0.05) is 12.1 Å². The number of rotatable bonds is 1. The lowest BCUT2D eigenvalue weighted by Gasteiger charge is -2.11. The molecule has 2 rings (SSSR count). The fraction of sp³-hybridized carbons (Fsp3) is 0.200. The average Bonchev–Trinajstić information content (AvgIpc) is 2.49. The minimum Gasteiger partial charge on any atom is -0.326 e. The molecular weight excluding hydrogens is 255 g/mol. The zero-order valence-electron chi connectivity index (χ0n) is 8.45. The van der Waals surface area contributed by atoms with Gasteiger partial charge in [0.05, 0.1) is 15.4 Å². The highest BCUT2D eigenvalue weighted by molar-refractivity contribution is 7.96. The highest BCUT2D eigenvalue weighted by Gasteiger charge is 2.41. The maximum atomic E-state index is 12.7. The third-order valence-corrected chi connectivity index (χ3v) is 4.45. The van der Waals surface area contributed by atoms with Gasteiger partial charge in [0.15, 0.2) is 0 Å². The lowest BCUT2D eigenvalue weighted by atomic mass is 10.1. The van der Waals surface area contributed by atoms with Crippen LogP contribution in [0.25, 0.3) is 6.08 Å². The van der Waals surface area contributed by atoms with Gasteiger partial charge in [-0.15, -0.1) is 0 Å². The number of hydrogen-bond donors (Lipinski definition) is 1. The van der Waals surface area contributed by atoms with Crippen molar-refractivity contribution in [1.82, 2.24) is 0 Å². The van der Waals surface area contributed by atoms with E-state index in [0.717, 1.165) is 6.07 Å². The van der Waals surface area contributed by atoms with E-state index in [4.69, 9.17) is 5.73 Å². The number of benzene rings is 1. The van der Waals surface area contributed by atoms with E-state index < -0.39 is 26.5 Å². The van der Waals surface area contributed by atoms with E-state index in [1.165, 1.54) is 18.2 Å². The Morgan fingerprint density at radius 3 is 2.41 bits per heavy atom. The third kappa shape index (κ3) is 1.75. The van der Waals surface area contributed by atoms with Crippen molar-refractivity contribution in [3.63, 3.8) is 0 Å². The minimum absolute atomic E-state index is 0.0419. The molecule has 17 heavy (non-hydrogen) atoms. The summed E-state index contributed by atoms with van der Waals surface area (Å²) >= 11 is 0. The molecule has 1 aliphatic heterocycles. The molecule has 92 valence electrons. The van der Waals surface area contributed by atoms with Gasteiger partial charge in [-0.05, 0) is 17.7 Å². The molecule has 0 radical (unpaired) electrons. The molecule has 7 heteroatoms. The Labute approximate surface area is 95.7 Å². The molecule has 0 spiro atoms. The second-order valence-corrected chi connectivity index (χ2v) is 5.48. The Kier molecular flexibility index (Phi) is 2.55. The Bertz CT molecular complexity index is 602. The van der Waals surface area contributed by atoms with Crippen LogP contribution >= 0.6 is 0 Å². The van der Waals surface area contributed by atoms with E-state index >= 15 is 0 Å². The number of sulfone groups is 1. The summed E-state index contributed by atoms with van der Waals surface area (Å²) in [5.41, 5.74) is 4.12. The number of alkyl halides is 3. The van der Waals surface area contributed by atoms with Crippen molar-refractivity contribution in [3.8, 4) is 0 Å². The highest BCUT2D eigenvalue weighted by Crippen LogP contribution is 2.41. The van der Waals surface area contributed by atoms with Gasteiger partial charge in [0.2, 0.25) is 9.84 Å². The van der Waals surface area contributed by atoms with E-state index in [-0.39, 0.29) is 17.0 Å². The van der Waals surface area contributed by atoms with E-state index in [0.29, 0.717) is 0 Å². The topological polar surface area (TPSA) is 60.2 Å². The van der Waals surface area contributed by atoms with Crippen LogP contribution in [-0.4, -0.2) is 15.0 Å². The molecule has 0 saturated heterocycles. The minimum atomic E-state index is -4.70. The Balaban J connectivity index is 2.77. The summed E-state index contributed by atoms with van der Waals surface area (Å²) in [7, 11) is -4.09. The Morgan fingerprint density at radius 2 is 1.88 bits per heavy atom. The van der Waals surface area contributed by atoms with Crippen molar-refractivity contribution >= 4 is 15.9 Å². The summed E-state index contributed by atoms with van der Waals surface area (Å²) < 4.78 is 61.8. The van der Waals surface area contributed by atoms with Crippen molar-refractivity contribution < 1.29 is 21.6 Å². The quantitative estimate of drug-likeness (QED) is 0.840. The normalized spacial score (nSPS) is 17.8. The molecule has 0 saturated carbocycles. The second kappa shape index (κ2) is 3.58. The van der Waals surface area contributed by atoms with Crippen LogP contribution in [0.1, 0.15) is 11.1 Å². The van der Waals surface area contributed by atoms with Crippen LogP contribution in [0.3, 0.4) is 0 Å². The summed E-state index contributed by atoms with van der Waals surface area (Å²) in [6.07, 6.45) is -3.52. The first-order valence-corrected chi connectivity index (χ1v) is 6.12. The van der Waals surface area contributed by atoms with E-state index in [1.54, 1.807) is 0 Å². The van der Waals surface area contributed by atoms with Gasteiger partial charge in [0, 0.05) is 6.54 Å². The molecule has 0 aliphatic carbocycles. The number of fused-ring (bicyclic) bond motifs is 1. The maximum Gasteiger partial charge on any atom is 0.417 e. The molecular formula is C10H8F3NO2S. The summed E-state index contributed by atoms with van der Waals surface area (Å²) in [4.78, 5) is -0.878. The predicted octanol–water partition coefficient (Wildman–Crippen LogP) is 1.79. The molecule has 3 nitrogen and oxygen atoms in total. The van der Waals surface area contributed by atoms with Crippen LogP contribution in [-0.2, 0) is 16.0 Å². The molecule has 0 aromatic heterocycles. The summed E-state index contributed by atoms with van der Waals surface area (Å²) in [6.45, 7) is -0.311. The lowest BCUT2D eigenvalue weighted by Crippen LogP contribution is -2.15. The SMILES string of the molecule is NCC1=Cc2cccc(C(F)(F)F)c2S1(=O)=O. The molecule has 0 unspecified atom stereocenters. The van der Waals surface area contributed by atoms with Gasteiger partial charge < -0.3 is 5.73 Å². The molecule has 1 aliphatic rings. The summed E-state index contributed by atoms with van der Waals surface area (Å²) in [6, 6.07) is 3.25. The fourth-order valence-corrected chi connectivity index (χ4v) is 3.42. The molecule has 0 bridgehead atoms. The van der Waals surface area contributed by atoms with Crippen LogP contribution in [0.15, 0.2) is 28.0 Å². The zero-order valence-corrected chi connectivity index (χ0v) is 9.27. The molecule has 2 N–H and O–H groups in total. The van der Waals surface area contributed by atoms with Gasteiger partial charge in [0.25, 0.3) is 0 Å². The van der Waals surface area contributed by atoms with Gasteiger partial charge in [0.1, 0.15) is 0 Å². The largest absolute Gasteiger partial charge is 0.417 e. The van der Waals surface area contributed by atoms with Crippen molar-refractivity contribution in [2.24, 2.45) is 5.73 Å². The first kappa shape index (κ1) is 12.1. The number of nitrogens with two attached hydrogens (primary N) is 1. The third-order valence-electron chi connectivity index (χ3n) is 2.48. The predicted molar refractivity (Wildman–Crippen MR) is 55.7 cm³/mol. The van der Waals surface area contributed by atoms with E-state index in [9.17, 15) is 21.6 Å². The van der Waals surface area contributed by atoms with Crippen molar-refractivity contribution in [2.45, 2.75) is 11.1 Å². The first-order valence-electron chi connectivity index (χ1n) is 4.64. The highest BCUT2D eigenvalue weighted by atomic mass is 32.2. The molecule has 1 aromatic carbocycles. The zero-order chi connectivity index (χ0) is 12.8. The first-order chi connectivity index (χ1) is 7.78. The van der Waals surface area contributed by atoms with Crippen LogP contribution in [0.5, 0.6) is 0 Å². The monoisotopic (exact) mass is 263 g/mol. The summed E-state index contributed by atoms with van der Waals surface area (Å²) in [5, 5.41) is 0. The lowest BCUT2D eigenvalue weighted by molar-refractivity contribution is -0.139. The van der Waals surface area contributed by atoms with Gasteiger partial charge in [-0.2, -0.15) is 13.2 Å². The van der Waals surface area contributed by atoms with E-state index in [1.807, 2.05) is 0 Å². The molecule has 0 atom stereocenters. The molecule has 1 heterocycles. The average molecular weight is 263 g/mol. The van der Waals surface area contributed by atoms with Gasteiger partial charge in [-0.3, -0.25) is 0 Å². The maximum absolute atomic E-state index is 12.7. The van der Waals surface area contributed by atoms with Crippen LogP contribution in [0, 0.1) is 0 Å². The molecule has 1 aromatic rings. The van der Waals surface area contributed by atoms with Crippen LogP contribution in [0.4, 0.5) is 13.2 Å². The van der Waals surface area contributed by atoms with E-state index in [2.05, 4.69) is 0 Å². The molecule has 0 fully saturated rings. The smallest absolute Gasteiger partial charge is 0.326 e. The van der Waals surface area contributed by atoms with Crippen molar-refractivity contribution in [3.05, 3.63) is 34.2 Å². The Morgan fingerprint density at radius 1 is 1.24 bits per heavy atom. The second-order valence-electron chi connectivity index (χ2n) is 3.54. The van der Waals surface area contributed by atoms with Crippen LogP contribution < -0.4 is 5.73 Å². The summed E-state index contributed by atoms with van der Waals surface area (Å²) in [5.74, 6) is 0. The van der Waals surface area contributed by atoms with Crippen molar-refractivity contribution in [1.29, 1.82) is 0 Å². The number of halogens is 3. The standard InChI is InChI=1S/C10H8F3NO2S/c11-10(12,13)8-3-1-2-6-4-7(5-14)17(15,16)9(6)8/h1-4H,5,14H2. The molecule has 0 amide bonds. The van der Waals surface area contributed by atoms with Gasteiger partial charge >= 0.3 is 6.18 Å². The van der Waals surface area contributed by atoms with Crippen molar-refractivity contribution in [2.75, 3.05) is 6.54 Å².